The number of aromatic nitrogens is 2. The van der Waals surface area contributed by atoms with E-state index in [2.05, 4.69) is 20.4 Å². The number of nitrogens with zero attached hydrogens (tertiary/aromatic N) is 3. The van der Waals surface area contributed by atoms with Crippen molar-refractivity contribution < 1.29 is 13.9 Å². The van der Waals surface area contributed by atoms with Crippen LogP contribution in [0.5, 0.6) is 5.75 Å². The maximum absolute atomic E-state index is 12.3. The van der Waals surface area contributed by atoms with E-state index in [1.807, 2.05) is 41.1 Å². The summed E-state index contributed by atoms with van der Waals surface area (Å²) in [4.78, 5) is 14.5. The van der Waals surface area contributed by atoms with Gasteiger partial charge in [0.2, 0.25) is 17.7 Å². The van der Waals surface area contributed by atoms with Crippen LogP contribution in [0.15, 0.2) is 45.5 Å². The summed E-state index contributed by atoms with van der Waals surface area (Å²) in [5, 5.41) is 15.3. The van der Waals surface area contributed by atoms with Crippen molar-refractivity contribution in [1.82, 2.24) is 15.1 Å². The van der Waals surface area contributed by atoms with E-state index in [-0.39, 0.29) is 11.8 Å². The molecule has 3 aromatic rings. The molecule has 0 bridgehead atoms. The molecule has 4 rings (SSSR count). The van der Waals surface area contributed by atoms with Crippen molar-refractivity contribution >= 4 is 22.9 Å². The molecule has 0 atom stereocenters. The topological polar surface area (TPSA) is 80.5 Å². The second kappa shape index (κ2) is 8.53. The highest BCUT2D eigenvalue weighted by Crippen LogP contribution is 2.29. The minimum absolute atomic E-state index is 0.0239. The number of piperidine rings is 1. The Balaban J connectivity index is 1.27. The molecule has 1 N–H and O–H groups in total. The van der Waals surface area contributed by atoms with Gasteiger partial charge in [-0.1, -0.05) is 6.07 Å². The molecule has 0 spiro atoms. The first-order valence-corrected chi connectivity index (χ1v) is 10.2. The van der Waals surface area contributed by atoms with E-state index in [4.69, 9.17) is 9.15 Å². The smallest absolute Gasteiger partial charge is 0.248 e. The highest BCUT2D eigenvalue weighted by Gasteiger charge is 2.26. The van der Waals surface area contributed by atoms with Gasteiger partial charge in [0.05, 0.1) is 13.7 Å². The van der Waals surface area contributed by atoms with Crippen LogP contribution >= 0.6 is 11.3 Å². The highest BCUT2D eigenvalue weighted by molar-refractivity contribution is 7.08. The summed E-state index contributed by atoms with van der Waals surface area (Å²) in [6.45, 7) is 2.02. The predicted molar refractivity (Wildman–Crippen MR) is 108 cm³/mol. The number of nitrogens with one attached hydrogen (secondary N) is 1. The predicted octanol–water partition coefficient (Wildman–Crippen LogP) is 3.62. The Morgan fingerprint density at radius 1 is 1.32 bits per heavy atom. The van der Waals surface area contributed by atoms with Crippen LogP contribution < -0.4 is 10.1 Å². The molecular weight excluding hydrogens is 376 g/mol. The first kappa shape index (κ1) is 18.6. The number of hydrogen-bond acceptors (Lipinski definition) is 7. The summed E-state index contributed by atoms with van der Waals surface area (Å²) in [5.41, 5.74) is 1.71. The van der Waals surface area contributed by atoms with Crippen molar-refractivity contribution in [2.24, 2.45) is 0 Å². The molecule has 8 heteroatoms. The Bertz CT molecular complexity index is 917. The second-order valence-electron chi connectivity index (χ2n) is 6.79. The van der Waals surface area contributed by atoms with Crippen LogP contribution in [0, 0.1) is 0 Å². The molecule has 0 aliphatic carbocycles. The fourth-order valence-corrected chi connectivity index (χ4v) is 3.97. The minimum atomic E-state index is -0.0239. The summed E-state index contributed by atoms with van der Waals surface area (Å²) in [6.07, 6.45) is 1.80. The average Bonchev–Trinajstić information content (AvgIpc) is 3.40. The van der Waals surface area contributed by atoms with Gasteiger partial charge in [0.15, 0.2) is 0 Å². The number of hydrogen-bond donors (Lipinski definition) is 1. The SMILES string of the molecule is COc1cccc(NC(=O)CN2CCC(c3nnc(-c4ccsc4)o3)CC2)c1. The number of benzene rings is 1. The van der Waals surface area contributed by atoms with E-state index in [0.29, 0.717) is 18.3 Å². The van der Waals surface area contributed by atoms with Crippen molar-refractivity contribution in [3.63, 3.8) is 0 Å². The van der Waals surface area contributed by atoms with Gasteiger partial charge in [-0.25, -0.2) is 0 Å². The van der Waals surface area contributed by atoms with Crippen LogP contribution in [0.1, 0.15) is 24.7 Å². The third kappa shape index (κ3) is 4.40. The normalized spacial score (nSPS) is 15.5. The second-order valence-corrected chi connectivity index (χ2v) is 7.57. The number of rotatable bonds is 6. The standard InChI is InChI=1S/C20H22N4O3S/c1-26-17-4-2-3-16(11-17)21-18(25)12-24-8-5-14(6-9-24)19-22-23-20(27-19)15-7-10-28-13-15/h2-4,7,10-11,13-14H,5-6,8-9,12H2,1H3,(H,21,25). The van der Waals surface area contributed by atoms with Crippen molar-refractivity contribution in [3.05, 3.63) is 47.0 Å². The third-order valence-corrected chi connectivity index (χ3v) is 5.55. The van der Waals surface area contributed by atoms with E-state index in [1.165, 1.54) is 0 Å². The molecule has 2 aromatic heterocycles. The van der Waals surface area contributed by atoms with Crippen LogP contribution in [0.4, 0.5) is 5.69 Å². The van der Waals surface area contributed by atoms with E-state index >= 15 is 0 Å². The minimum Gasteiger partial charge on any atom is -0.497 e. The van der Waals surface area contributed by atoms with Crippen molar-refractivity contribution in [2.45, 2.75) is 18.8 Å². The number of anilines is 1. The molecule has 0 unspecified atom stereocenters. The first-order valence-electron chi connectivity index (χ1n) is 9.23. The van der Waals surface area contributed by atoms with Crippen LogP contribution in [-0.4, -0.2) is 47.7 Å². The summed E-state index contributed by atoms with van der Waals surface area (Å²) in [7, 11) is 1.61. The zero-order valence-corrected chi connectivity index (χ0v) is 16.4. The van der Waals surface area contributed by atoms with Crippen molar-refractivity contribution in [3.8, 4) is 17.2 Å². The number of amides is 1. The molecule has 3 heterocycles. The molecule has 1 aliphatic heterocycles. The number of carbonyl (C=O) groups is 1. The van der Waals surface area contributed by atoms with Crippen LogP contribution in [0.3, 0.4) is 0 Å². The lowest BCUT2D eigenvalue weighted by Gasteiger charge is -2.29. The Kier molecular flexibility index (Phi) is 5.68. The molecule has 1 aromatic carbocycles. The van der Waals surface area contributed by atoms with E-state index in [0.717, 1.165) is 42.9 Å². The lowest BCUT2D eigenvalue weighted by atomic mass is 9.97. The quantitative estimate of drug-likeness (QED) is 0.683. The summed E-state index contributed by atoms with van der Waals surface area (Å²) in [5.74, 6) is 2.22. The van der Waals surface area contributed by atoms with E-state index < -0.39 is 0 Å². The number of ether oxygens (including phenoxy) is 1. The molecule has 146 valence electrons. The first-order chi connectivity index (χ1) is 13.7. The van der Waals surface area contributed by atoms with Gasteiger partial charge >= 0.3 is 0 Å². The zero-order chi connectivity index (χ0) is 19.3. The Morgan fingerprint density at radius 3 is 2.93 bits per heavy atom. The maximum atomic E-state index is 12.3. The molecule has 1 amide bonds. The zero-order valence-electron chi connectivity index (χ0n) is 15.6. The summed E-state index contributed by atoms with van der Waals surface area (Å²) in [6, 6.07) is 9.35. The van der Waals surface area contributed by atoms with Crippen LogP contribution in [0.2, 0.25) is 0 Å². The fraction of sp³-hybridized carbons (Fsp3) is 0.350. The molecular formula is C20H22N4O3S. The van der Waals surface area contributed by atoms with Gasteiger partial charge in [-0.2, -0.15) is 11.3 Å². The number of methoxy groups -OCH3 is 1. The maximum Gasteiger partial charge on any atom is 0.248 e. The number of thiophene rings is 1. The molecule has 1 saturated heterocycles. The number of likely N-dealkylation sites (tertiary alicyclic amines) is 1. The van der Waals surface area contributed by atoms with Gasteiger partial charge in [0.1, 0.15) is 5.75 Å². The summed E-state index contributed by atoms with van der Waals surface area (Å²) < 4.78 is 11.0. The molecule has 0 saturated carbocycles. The highest BCUT2D eigenvalue weighted by atomic mass is 32.1. The average molecular weight is 398 g/mol. The van der Waals surface area contributed by atoms with Gasteiger partial charge in [-0.05, 0) is 49.5 Å². The van der Waals surface area contributed by atoms with Gasteiger partial charge in [0.25, 0.3) is 0 Å². The van der Waals surface area contributed by atoms with Gasteiger partial charge in [0, 0.05) is 28.6 Å². The molecule has 0 radical (unpaired) electrons. The molecule has 28 heavy (non-hydrogen) atoms. The van der Waals surface area contributed by atoms with Gasteiger partial charge < -0.3 is 14.5 Å². The third-order valence-electron chi connectivity index (χ3n) is 4.87. The van der Waals surface area contributed by atoms with Crippen LogP contribution in [-0.2, 0) is 4.79 Å². The summed E-state index contributed by atoms with van der Waals surface area (Å²) >= 11 is 1.61. The van der Waals surface area contributed by atoms with E-state index in [1.54, 1.807) is 18.4 Å². The molecule has 1 fully saturated rings. The van der Waals surface area contributed by atoms with Crippen molar-refractivity contribution in [2.75, 3.05) is 32.1 Å². The number of carbonyl (C=O) groups excluding carboxylic acids is 1. The Morgan fingerprint density at radius 2 is 2.18 bits per heavy atom. The largest absolute Gasteiger partial charge is 0.497 e. The fourth-order valence-electron chi connectivity index (χ4n) is 3.34. The lowest BCUT2D eigenvalue weighted by Crippen LogP contribution is -2.38. The Hall–Kier alpha value is -2.71. The molecule has 1 aliphatic rings. The van der Waals surface area contributed by atoms with Gasteiger partial charge in [-0.15, -0.1) is 10.2 Å². The van der Waals surface area contributed by atoms with Gasteiger partial charge in [-0.3, -0.25) is 9.69 Å². The Labute approximate surface area is 167 Å². The van der Waals surface area contributed by atoms with Crippen LogP contribution in [0.25, 0.3) is 11.5 Å². The van der Waals surface area contributed by atoms with E-state index in [9.17, 15) is 4.79 Å². The lowest BCUT2D eigenvalue weighted by molar-refractivity contribution is -0.117. The molecule has 7 nitrogen and oxygen atoms in total. The monoisotopic (exact) mass is 398 g/mol. The van der Waals surface area contributed by atoms with Crippen molar-refractivity contribution in [1.29, 1.82) is 0 Å².